The minimum absolute atomic E-state index is 0.706. The SMILES string of the molecule is C=C(Br)CS(C)(C)c1ccccc1. The molecule has 0 bridgehead atoms. The summed E-state index contributed by atoms with van der Waals surface area (Å²) in [6.45, 7) is 3.90. The molecule has 13 heavy (non-hydrogen) atoms. The van der Waals surface area contributed by atoms with E-state index in [1.54, 1.807) is 0 Å². The van der Waals surface area contributed by atoms with Crippen LogP contribution in [0.15, 0.2) is 46.3 Å². The maximum atomic E-state index is 3.90. The Morgan fingerprint density at radius 3 is 2.31 bits per heavy atom. The fraction of sp³-hybridized carbons (Fsp3) is 0.273. The van der Waals surface area contributed by atoms with E-state index in [9.17, 15) is 0 Å². The largest absolute Gasteiger partial charge is 0.216 e. The van der Waals surface area contributed by atoms with E-state index in [1.165, 1.54) is 4.90 Å². The number of hydrogen-bond donors (Lipinski definition) is 0. The third kappa shape index (κ3) is 3.20. The molecule has 2 heteroatoms. The zero-order valence-electron chi connectivity index (χ0n) is 8.09. The van der Waals surface area contributed by atoms with Crippen molar-refractivity contribution in [1.82, 2.24) is 0 Å². The molecular formula is C11H15BrS. The van der Waals surface area contributed by atoms with Crippen LogP contribution in [0.5, 0.6) is 0 Å². The van der Waals surface area contributed by atoms with Gasteiger partial charge < -0.3 is 0 Å². The van der Waals surface area contributed by atoms with Crippen molar-refractivity contribution in [2.75, 3.05) is 18.3 Å². The summed E-state index contributed by atoms with van der Waals surface area (Å²) in [5.74, 6) is 1.05. The van der Waals surface area contributed by atoms with Crippen LogP contribution in [0.3, 0.4) is 0 Å². The first-order valence-corrected chi connectivity index (χ1v) is 7.53. The molecule has 72 valence electrons. The van der Waals surface area contributed by atoms with Crippen molar-refractivity contribution in [2.24, 2.45) is 0 Å². The Bertz CT molecular complexity index is 290. The zero-order valence-corrected chi connectivity index (χ0v) is 10.5. The van der Waals surface area contributed by atoms with E-state index in [4.69, 9.17) is 0 Å². The number of halogens is 1. The summed E-state index contributed by atoms with van der Waals surface area (Å²) in [5, 5.41) is 0. The van der Waals surface area contributed by atoms with Crippen LogP contribution in [0.25, 0.3) is 0 Å². The molecule has 0 aliphatic carbocycles. The molecule has 0 heterocycles. The van der Waals surface area contributed by atoms with Crippen LogP contribution in [0.4, 0.5) is 0 Å². The minimum atomic E-state index is -0.706. The van der Waals surface area contributed by atoms with Crippen molar-refractivity contribution in [2.45, 2.75) is 4.90 Å². The maximum Gasteiger partial charge on any atom is 0.0119 e. The fourth-order valence-corrected chi connectivity index (χ4v) is 4.82. The van der Waals surface area contributed by atoms with Crippen LogP contribution in [0, 0.1) is 0 Å². The van der Waals surface area contributed by atoms with Crippen molar-refractivity contribution in [3.63, 3.8) is 0 Å². The molecule has 1 rings (SSSR count). The van der Waals surface area contributed by atoms with E-state index in [-0.39, 0.29) is 0 Å². The Morgan fingerprint density at radius 1 is 1.31 bits per heavy atom. The minimum Gasteiger partial charge on any atom is -0.216 e. The van der Waals surface area contributed by atoms with Gasteiger partial charge in [-0.15, -0.1) is 0 Å². The van der Waals surface area contributed by atoms with Crippen LogP contribution in [-0.4, -0.2) is 18.3 Å². The smallest absolute Gasteiger partial charge is 0.0119 e. The highest BCUT2D eigenvalue weighted by atomic mass is 79.9. The Morgan fingerprint density at radius 2 is 1.85 bits per heavy atom. The van der Waals surface area contributed by atoms with Crippen molar-refractivity contribution >= 4 is 26.0 Å². The van der Waals surface area contributed by atoms with Gasteiger partial charge in [0.2, 0.25) is 0 Å². The number of benzene rings is 1. The average molecular weight is 259 g/mol. The van der Waals surface area contributed by atoms with E-state index in [1.807, 2.05) is 0 Å². The second-order valence-electron chi connectivity index (χ2n) is 3.51. The topological polar surface area (TPSA) is 0 Å². The summed E-state index contributed by atoms with van der Waals surface area (Å²) in [7, 11) is -0.706. The molecule has 0 unspecified atom stereocenters. The monoisotopic (exact) mass is 258 g/mol. The Kier molecular flexibility index (Phi) is 3.63. The standard InChI is InChI=1S/C11H15BrS/c1-10(12)9-13(2,3)11-7-5-4-6-8-11/h4-8H,1,9H2,2-3H3. The maximum absolute atomic E-state index is 3.90. The van der Waals surface area contributed by atoms with Gasteiger partial charge in [-0.25, -0.2) is 10.0 Å². The molecule has 0 nitrogen and oxygen atoms in total. The number of hydrogen-bond acceptors (Lipinski definition) is 0. The summed E-state index contributed by atoms with van der Waals surface area (Å²) >= 11 is 3.43. The van der Waals surface area contributed by atoms with Crippen LogP contribution >= 0.6 is 26.0 Å². The predicted octanol–water partition coefficient (Wildman–Crippen LogP) is 4.02. The van der Waals surface area contributed by atoms with Gasteiger partial charge in [0.1, 0.15) is 0 Å². The highest BCUT2D eigenvalue weighted by molar-refractivity contribution is 9.11. The second kappa shape index (κ2) is 4.34. The Balaban J connectivity index is 2.87. The lowest BCUT2D eigenvalue weighted by Crippen LogP contribution is -2.01. The summed E-state index contributed by atoms with van der Waals surface area (Å²) in [5.41, 5.74) is 0. The van der Waals surface area contributed by atoms with E-state index in [2.05, 4.69) is 65.4 Å². The summed E-state index contributed by atoms with van der Waals surface area (Å²) in [6, 6.07) is 10.7. The Hall–Kier alpha value is -0.210. The normalized spacial score (nSPS) is 12.5. The molecule has 0 fully saturated rings. The molecule has 0 amide bonds. The molecule has 0 N–H and O–H groups in total. The van der Waals surface area contributed by atoms with Crippen molar-refractivity contribution in [1.29, 1.82) is 0 Å². The van der Waals surface area contributed by atoms with E-state index in [0.717, 1.165) is 10.2 Å². The van der Waals surface area contributed by atoms with Gasteiger partial charge in [-0.05, 0) is 21.9 Å². The van der Waals surface area contributed by atoms with Crippen molar-refractivity contribution < 1.29 is 0 Å². The van der Waals surface area contributed by atoms with Gasteiger partial charge >= 0.3 is 0 Å². The lowest BCUT2D eigenvalue weighted by molar-refractivity contribution is 1.42. The van der Waals surface area contributed by atoms with Gasteiger partial charge in [-0.2, -0.15) is 0 Å². The zero-order chi connectivity index (χ0) is 9.90. The van der Waals surface area contributed by atoms with E-state index < -0.39 is 10.0 Å². The van der Waals surface area contributed by atoms with Crippen molar-refractivity contribution in [3.05, 3.63) is 41.4 Å². The van der Waals surface area contributed by atoms with Gasteiger partial charge in [0, 0.05) is 5.75 Å². The molecule has 0 saturated carbocycles. The molecule has 0 atom stereocenters. The van der Waals surface area contributed by atoms with Crippen LogP contribution in [-0.2, 0) is 0 Å². The first-order chi connectivity index (χ1) is 6.02. The lowest BCUT2D eigenvalue weighted by Gasteiger charge is -2.31. The molecule has 0 aliphatic heterocycles. The van der Waals surface area contributed by atoms with Gasteiger partial charge in [0.05, 0.1) is 0 Å². The first-order valence-electron chi connectivity index (χ1n) is 4.12. The van der Waals surface area contributed by atoms with Gasteiger partial charge in [0.15, 0.2) is 0 Å². The highest BCUT2D eigenvalue weighted by Crippen LogP contribution is 2.50. The fourth-order valence-electron chi connectivity index (χ4n) is 1.26. The molecule has 1 aromatic carbocycles. The predicted molar refractivity (Wildman–Crippen MR) is 67.1 cm³/mol. The Labute approximate surface area is 90.5 Å². The molecule has 1 aromatic rings. The summed E-state index contributed by atoms with van der Waals surface area (Å²) < 4.78 is 1.09. The summed E-state index contributed by atoms with van der Waals surface area (Å²) in [4.78, 5) is 1.44. The van der Waals surface area contributed by atoms with Crippen LogP contribution in [0.2, 0.25) is 0 Å². The molecule has 0 radical (unpaired) electrons. The lowest BCUT2D eigenvalue weighted by atomic mass is 10.4. The number of rotatable bonds is 3. The van der Waals surface area contributed by atoms with E-state index in [0.29, 0.717) is 0 Å². The van der Waals surface area contributed by atoms with Gasteiger partial charge in [-0.1, -0.05) is 52.8 Å². The van der Waals surface area contributed by atoms with Gasteiger partial charge in [0.25, 0.3) is 0 Å². The molecular weight excluding hydrogens is 244 g/mol. The van der Waals surface area contributed by atoms with Gasteiger partial charge in [-0.3, -0.25) is 0 Å². The molecule has 0 saturated heterocycles. The molecule has 0 spiro atoms. The highest BCUT2D eigenvalue weighted by Gasteiger charge is 2.14. The third-order valence-electron chi connectivity index (χ3n) is 1.90. The van der Waals surface area contributed by atoms with Crippen molar-refractivity contribution in [3.8, 4) is 0 Å². The first kappa shape index (κ1) is 10.9. The molecule has 0 aromatic heterocycles. The van der Waals surface area contributed by atoms with Crippen LogP contribution < -0.4 is 0 Å². The second-order valence-corrected chi connectivity index (χ2v) is 8.47. The average Bonchev–Trinajstić information content (AvgIpc) is 2.04. The summed E-state index contributed by atoms with van der Waals surface area (Å²) in [6.07, 6.45) is 4.63. The third-order valence-corrected chi connectivity index (χ3v) is 5.17. The molecule has 0 aliphatic rings. The van der Waals surface area contributed by atoms with Crippen LogP contribution in [0.1, 0.15) is 0 Å². The van der Waals surface area contributed by atoms with E-state index >= 15 is 0 Å². The quantitative estimate of drug-likeness (QED) is 0.769.